The zero-order chi connectivity index (χ0) is 18.4. The van der Waals surface area contributed by atoms with E-state index in [1.165, 1.54) is 0 Å². The van der Waals surface area contributed by atoms with Crippen LogP contribution in [-0.4, -0.2) is 14.3 Å². The van der Waals surface area contributed by atoms with Crippen molar-refractivity contribution < 1.29 is 17.6 Å². The number of rotatable bonds is 4. The van der Waals surface area contributed by atoms with Gasteiger partial charge in [0, 0.05) is 11.8 Å². The van der Waals surface area contributed by atoms with E-state index in [0.717, 1.165) is 11.3 Å². The number of nitrogens with one attached hydrogen (secondary N) is 1. The zero-order valence-corrected chi connectivity index (χ0v) is 15.7. The summed E-state index contributed by atoms with van der Waals surface area (Å²) in [5.41, 5.74) is 1.35. The fraction of sp³-hybridized carbons (Fsp3) is 0.421. The van der Waals surface area contributed by atoms with Gasteiger partial charge in [0.25, 0.3) is 10.0 Å². The van der Waals surface area contributed by atoms with Crippen LogP contribution in [-0.2, 0) is 20.2 Å². The Labute approximate surface area is 148 Å². The van der Waals surface area contributed by atoms with Crippen LogP contribution in [0.1, 0.15) is 50.0 Å². The standard InChI is InChI=1S/C19H23NO4S/c1-12-7-8-13(19(2,3)4)10-17(12)25(22,23)20-18(21)15-11-14(15)16-6-5-9-24-16/h5-10,14-15H,11H2,1-4H3,(H,20,21). The average molecular weight is 361 g/mol. The number of amides is 1. The Balaban J connectivity index is 1.80. The second kappa shape index (κ2) is 6.02. The molecular formula is C19H23NO4S. The van der Waals surface area contributed by atoms with Crippen LogP contribution in [0.2, 0.25) is 0 Å². The minimum atomic E-state index is -3.90. The van der Waals surface area contributed by atoms with Crippen LogP contribution in [0.25, 0.3) is 0 Å². The first-order valence-electron chi connectivity index (χ1n) is 8.31. The summed E-state index contributed by atoms with van der Waals surface area (Å²) in [7, 11) is -3.90. The Kier molecular flexibility index (Phi) is 4.27. The molecule has 1 N–H and O–H groups in total. The van der Waals surface area contributed by atoms with Crippen molar-refractivity contribution in [2.75, 3.05) is 0 Å². The second-order valence-corrected chi connectivity index (χ2v) is 9.31. The van der Waals surface area contributed by atoms with E-state index in [1.807, 2.05) is 32.9 Å². The van der Waals surface area contributed by atoms with Crippen LogP contribution >= 0.6 is 0 Å². The monoisotopic (exact) mass is 361 g/mol. The molecule has 1 aromatic carbocycles. The van der Waals surface area contributed by atoms with Gasteiger partial charge in [-0.1, -0.05) is 32.9 Å². The van der Waals surface area contributed by atoms with Gasteiger partial charge in [-0.15, -0.1) is 0 Å². The van der Waals surface area contributed by atoms with Crippen LogP contribution < -0.4 is 4.72 Å². The van der Waals surface area contributed by atoms with Gasteiger partial charge in [0.15, 0.2) is 0 Å². The lowest BCUT2D eigenvalue weighted by atomic mass is 9.87. The molecule has 1 aromatic heterocycles. The Morgan fingerprint density at radius 2 is 1.96 bits per heavy atom. The molecule has 0 bridgehead atoms. The molecule has 1 heterocycles. The molecule has 0 radical (unpaired) electrons. The summed E-state index contributed by atoms with van der Waals surface area (Å²) in [5, 5.41) is 0. The van der Waals surface area contributed by atoms with Crippen LogP contribution in [0.3, 0.4) is 0 Å². The van der Waals surface area contributed by atoms with Crippen molar-refractivity contribution in [3.8, 4) is 0 Å². The van der Waals surface area contributed by atoms with E-state index in [2.05, 4.69) is 4.72 Å². The van der Waals surface area contributed by atoms with Gasteiger partial charge < -0.3 is 4.42 Å². The first kappa shape index (κ1) is 17.7. The van der Waals surface area contributed by atoms with Crippen LogP contribution in [0.15, 0.2) is 45.9 Å². The molecule has 0 aliphatic heterocycles. The molecule has 2 unspecified atom stereocenters. The molecule has 2 aromatic rings. The number of furan rings is 1. The molecule has 5 nitrogen and oxygen atoms in total. The minimum Gasteiger partial charge on any atom is -0.469 e. The summed E-state index contributed by atoms with van der Waals surface area (Å²) in [6.45, 7) is 7.79. The number of hydrogen-bond donors (Lipinski definition) is 1. The molecule has 134 valence electrons. The lowest BCUT2D eigenvalue weighted by Gasteiger charge is -2.20. The lowest BCUT2D eigenvalue weighted by molar-refractivity contribution is -0.120. The van der Waals surface area contributed by atoms with Crippen molar-refractivity contribution in [2.45, 2.75) is 50.3 Å². The first-order valence-corrected chi connectivity index (χ1v) is 9.79. The maximum absolute atomic E-state index is 12.7. The van der Waals surface area contributed by atoms with Gasteiger partial charge in [-0.25, -0.2) is 13.1 Å². The topological polar surface area (TPSA) is 76.4 Å². The van der Waals surface area contributed by atoms with Gasteiger partial charge in [-0.3, -0.25) is 4.79 Å². The largest absolute Gasteiger partial charge is 0.469 e. The summed E-state index contributed by atoms with van der Waals surface area (Å²) in [5.74, 6) is -0.135. The Hall–Kier alpha value is -2.08. The highest BCUT2D eigenvalue weighted by atomic mass is 32.2. The number of carbonyl (C=O) groups excluding carboxylic acids is 1. The Bertz CT molecular complexity index is 892. The average Bonchev–Trinajstić information content (AvgIpc) is 3.12. The number of aryl methyl sites for hydroxylation is 1. The molecular weight excluding hydrogens is 338 g/mol. The fourth-order valence-corrected chi connectivity index (χ4v) is 4.22. The predicted octanol–water partition coefficient (Wildman–Crippen LogP) is 3.49. The third kappa shape index (κ3) is 3.63. The van der Waals surface area contributed by atoms with Gasteiger partial charge in [0.2, 0.25) is 5.91 Å². The van der Waals surface area contributed by atoms with Crippen molar-refractivity contribution in [2.24, 2.45) is 5.92 Å². The van der Waals surface area contributed by atoms with Crippen LogP contribution in [0, 0.1) is 12.8 Å². The van der Waals surface area contributed by atoms with E-state index >= 15 is 0 Å². The molecule has 1 amide bonds. The second-order valence-electron chi connectivity index (χ2n) is 7.66. The molecule has 25 heavy (non-hydrogen) atoms. The number of sulfonamides is 1. The molecule has 1 fully saturated rings. The molecule has 1 aliphatic rings. The predicted molar refractivity (Wildman–Crippen MR) is 94.8 cm³/mol. The molecule has 0 saturated heterocycles. The van der Waals surface area contributed by atoms with E-state index in [0.29, 0.717) is 12.0 Å². The highest BCUT2D eigenvalue weighted by Gasteiger charge is 2.47. The third-order valence-corrected chi connectivity index (χ3v) is 6.10. The molecule has 1 aliphatic carbocycles. The lowest BCUT2D eigenvalue weighted by Crippen LogP contribution is -2.32. The van der Waals surface area contributed by atoms with Gasteiger partial charge >= 0.3 is 0 Å². The highest BCUT2D eigenvalue weighted by molar-refractivity contribution is 7.90. The molecule has 0 spiro atoms. The van der Waals surface area contributed by atoms with Crippen molar-refractivity contribution in [3.63, 3.8) is 0 Å². The fourth-order valence-electron chi connectivity index (χ4n) is 2.92. The summed E-state index contributed by atoms with van der Waals surface area (Å²) in [4.78, 5) is 12.5. The third-order valence-electron chi connectivity index (χ3n) is 4.61. The molecule has 1 saturated carbocycles. The van der Waals surface area contributed by atoms with Crippen molar-refractivity contribution in [3.05, 3.63) is 53.5 Å². The minimum absolute atomic E-state index is 0.0350. The number of hydrogen-bond acceptors (Lipinski definition) is 4. The van der Waals surface area contributed by atoms with Crippen molar-refractivity contribution in [1.82, 2.24) is 4.72 Å². The molecule has 6 heteroatoms. The van der Waals surface area contributed by atoms with E-state index in [1.54, 1.807) is 31.4 Å². The van der Waals surface area contributed by atoms with Gasteiger partial charge in [0.05, 0.1) is 11.2 Å². The van der Waals surface area contributed by atoms with E-state index in [4.69, 9.17) is 4.42 Å². The Morgan fingerprint density at radius 3 is 2.56 bits per heavy atom. The van der Waals surface area contributed by atoms with Gasteiger partial charge in [0.1, 0.15) is 5.76 Å². The van der Waals surface area contributed by atoms with Crippen molar-refractivity contribution >= 4 is 15.9 Å². The van der Waals surface area contributed by atoms with Crippen molar-refractivity contribution in [1.29, 1.82) is 0 Å². The zero-order valence-electron chi connectivity index (χ0n) is 14.9. The SMILES string of the molecule is Cc1ccc(C(C)(C)C)cc1S(=O)(=O)NC(=O)C1CC1c1ccco1. The summed E-state index contributed by atoms with van der Waals surface area (Å²) in [6.07, 6.45) is 2.16. The quantitative estimate of drug-likeness (QED) is 0.904. The van der Waals surface area contributed by atoms with Gasteiger partial charge in [-0.05, 0) is 48.1 Å². The normalized spacial score (nSPS) is 20.3. The van der Waals surface area contributed by atoms with E-state index in [-0.39, 0.29) is 22.1 Å². The number of benzene rings is 1. The first-order chi connectivity index (χ1) is 11.6. The molecule has 2 atom stereocenters. The Morgan fingerprint density at radius 1 is 1.24 bits per heavy atom. The van der Waals surface area contributed by atoms with E-state index in [9.17, 15) is 13.2 Å². The maximum atomic E-state index is 12.7. The number of carbonyl (C=O) groups is 1. The molecule has 3 rings (SSSR count). The summed E-state index contributed by atoms with van der Waals surface area (Å²) in [6, 6.07) is 8.93. The maximum Gasteiger partial charge on any atom is 0.264 e. The van der Waals surface area contributed by atoms with E-state index < -0.39 is 15.9 Å². The van der Waals surface area contributed by atoms with Gasteiger partial charge in [-0.2, -0.15) is 0 Å². The summed E-state index contributed by atoms with van der Waals surface area (Å²) < 4.78 is 33.0. The van der Waals surface area contributed by atoms with Crippen LogP contribution in [0.4, 0.5) is 0 Å². The smallest absolute Gasteiger partial charge is 0.264 e. The summed E-state index contributed by atoms with van der Waals surface area (Å²) >= 11 is 0. The van der Waals surface area contributed by atoms with Crippen LogP contribution in [0.5, 0.6) is 0 Å². The highest BCUT2D eigenvalue weighted by Crippen LogP contribution is 2.47.